The van der Waals surface area contributed by atoms with Crippen LogP contribution in [0.3, 0.4) is 0 Å². The lowest BCUT2D eigenvalue weighted by Gasteiger charge is -2.21. The Hall–Kier alpha value is -1.53. The zero-order chi connectivity index (χ0) is 12.6. The molecule has 2 N–H and O–H groups in total. The van der Waals surface area contributed by atoms with Crippen LogP contribution in [-0.2, 0) is 0 Å². The van der Waals surface area contributed by atoms with Gasteiger partial charge in [-0.2, -0.15) is 5.26 Å². The van der Waals surface area contributed by atoms with E-state index >= 15 is 0 Å². The third-order valence-electron chi connectivity index (χ3n) is 3.79. The predicted octanol–water partition coefficient (Wildman–Crippen LogP) is 2.62. The van der Waals surface area contributed by atoms with Crippen LogP contribution in [0.25, 0.3) is 0 Å². The Morgan fingerprint density at radius 1 is 1.35 bits per heavy atom. The van der Waals surface area contributed by atoms with Crippen LogP contribution in [0.2, 0.25) is 0 Å². The average molecular weight is 230 g/mol. The number of nitrogens with zero attached hydrogens (tertiary/aromatic N) is 1. The van der Waals surface area contributed by atoms with Crippen molar-refractivity contribution in [1.82, 2.24) is 0 Å². The number of benzene rings is 1. The Morgan fingerprint density at radius 3 is 2.41 bits per heavy atom. The van der Waals surface area contributed by atoms with Gasteiger partial charge in [-0.1, -0.05) is 6.07 Å². The van der Waals surface area contributed by atoms with Crippen LogP contribution in [0.4, 0.5) is 0 Å². The lowest BCUT2D eigenvalue weighted by Crippen LogP contribution is -2.22. The van der Waals surface area contributed by atoms with Crippen molar-refractivity contribution >= 4 is 0 Å². The molecule has 17 heavy (non-hydrogen) atoms. The molecule has 0 heterocycles. The third-order valence-corrected chi connectivity index (χ3v) is 3.79. The number of hydrogen-bond donors (Lipinski definition) is 1. The molecule has 0 saturated heterocycles. The van der Waals surface area contributed by atoms with Gasteiger partial charge in [0, 0.05) is 5.56 Å². The molecule has 1 fully saturated rings. The molecular formula is C14H18N2O. The molecule has 90 valence electrons. The van der Waals surface area contributed by atoms with E-state index < -0.39 is 0 Å². The normalized spacial score (nSPS) is 18.3. The number of methoxy groups -OCH3 is 1. The van der Waals surface area contributed by atoms with E-state index in [1.54, 1.807) is 7.11 Å². The number of aryl methyl sites for hydroxylation is 2. The molecular weight excluding hydrogens is 212 g/mol. The van der Waals surface area contributed by atoms with Crippen molar-refractivity contribution in [3.63, 3.8) is 0 Å². The molecule has 1 atom stereocenters. The first kappa shape index (κ1) is 11.9. The Bertz CT molecular complexity index is 484. The summed E-state index contributed by atoms with van der Waals surface area (Å²) in [7, 11) is 1.65. The van der Waals surface area contributed by atoms with Gasteiger partial charge in [0.2, 0.25) is 0 Å². The van der Waals surface area contributed by atoms with E-state index in [4.69, 9.17) is 10.5 Å². The Labute approximate surface area is 102 Å². The number of hydrogen-bond acceptors (Lipinski definition) is 3. The molecule has 0 radical (unpaired) electrons. The minimum absolute atomic E-state index is 0.248. The maximum atomic E-state index is 9.20. The molecule has 1 aromatic carbocycles. The van der Waals surface area contributed by atoms with Crippen molar-refractivity contribution in [2.24, 2.45) is 11.1 Å². The lowest BCUT2D eigenvalue weighted by atomic mass is 9.89. The second-order valence-corrected chi connectivity index (χ2v) is 4.92. The summed E-state index contributed by atoms with van der Waals surface area (Å²) in [6.07, 6.45) is 1.78. The van der Waals surface area contributed by atoms with Crippen LogP contribution in [0.15, 0.2) is 12.1 Å². The van der Waals surface area contributed by atoms with Crippen LogP contribution in [-0.4, -0.2) is 7.11 Å². The minimum atomic E-state index is -0.366. The highest BCUT2D eigenvalue weighted by atomic mass is 16.5. The average Bonchev–Trinajstić information content (AvgIpc) is 3.12. The third kappa shape index (κ3) is 1.89. The number of nitrogens with two attached hydrogens (primary N) is 1. The van der Waals surface area contributed by atoms with Crippen molar-refractivity contribution in [2.45, 2.75) is 32.7 Å². The zero-order valence-corrected chi connectivity index (χ0v) is 10.6. The summed E-state index contributed by atoms with van der Waals surface area (Å²) in [5, 5.41) is 9.20. The van der Waals surface area contributed by atoms with Crippen LogP contribution in [0, 0.1) is 30.6 Å². The van der Waals surface area contributed by atoms with Gasteiger partial charge in [-0.25, -0.2) is 0 Å². The summed E-state index contributed by atoms with van der Waals surface area (Å²) in [6.45, 7) is 4.10. The highest BCUT2D eigenvalue weighted by Gasteiger charge is 2.49. The monoisotopic (exact) mass is 230 g/mol. The van der Waals surface area contributed by atoms with Crippen LogP contribution in [0.1, 0.15) is 35.6 Å². The molecule has 0 aromatic heterocycles. The van der Waals surface area contributed by atoms with Gasteiger partial charge in [-0.05, 0) is 43.9 Å². The number of ether oxygens (including phenoxy) is 1. The highest BCUT2D eigenvalue weighted by Crippen LogP contribution is 2.54. The molecule has 1 aromatic rings. The van der Waals surface area contributed by atoms with E-state index in [1.807, 2.05) is 13.0 Å². The molecule has 1 unspecified atom stereocenters. The summed E-state index contributed by atoms with van der Waals surface area (Å²) in [5.41, 5.74) is 9.19. The molecule has 1 aliphatic carbocycles. The van der Waals surface area contributed by atoms with E-state index in [2.05, 4.69) is 19.1 Å². The maximum Gasteiger partial charge on any atom is 0.123 e. The van der Waals surface area contributed by atoms with Gasteiger partial charge < -0.3 is 10.5 Å². The summed E-state index contributed by atoms with van der Waals surface area (Å²) >= 11 is 0. The molecule has 3 heteroatoms. The smallest absolute Gasteiger partial charge is 0.123 e. The topological polar surface area (TPSA) is 59.0 Å². The molecule has 3 nitrogen and oxygen atoms in total. The first-order valence-electron chi connectivity index (χ1n) is 5.86. The van der Waals surface area contributed by atoms with Gasteiger partial charge in [0.05, 0.1) is 24.6 Å². The van der Waals surface area contributed by atoms with E-state index in [0.29, 0.717) is 0 Å². The summed E-state index contributed by atoms with van der Waals surface area (Å²) in [4.78, 5) is 0. The number of nitriles is 1. The zero-order valence-electron chi connectivity index (χ0n) is 10.6. The second-order valence-electron chi connectivity index (χ2n) is 4.92. The Kier molecular flexibility index (Phi) is 2.84. The predicted molar refractivity (Wildman–Crippen MR) is 66.7 cm³/mol. The molecule has 1 aliphatic rings. The van der Waals surface area contributed by atoms with Gasteiger partial charge >= 0.3 is 0 Å². The minimum Gasteiger partial charge on any atom is -0.496 e. The fraction of sp³-hybridized carbons (Fsp3) is 0.500. The summed E-state index contributed by atoms with van der Waals surface area (Å²) < 4.78 is 5.38. The van der Waals surface area contributed by atoms with Gasteiger partial charge in [0.15, 0.2) is 0 Å². The first-order valence-corrected chi connectivity index (χ1v) is 5.86. The first-order chi connectivity index (χ1) is 8.04. The molecule has 0 bridgehead atoms. The quantitative estimate of drug-likeness (QED) is 0.868. The van der Waals surface area contributed by atoms with Gasteiger partial charge in [-0.15, -0.1) is 0 Å². The van der Waals surface area contributed by atoms with Crippen molar-refractivity contribution in [3.05, 3.63) is 28.8 Å². The number of rotatable bonds is 3. The van der Waals surface area contributed by atoms with Crippen LogP contribution in [0.5, 0.6) is 5.75 Å². The van der Waals surface area contributed by atoms with Crippen molar-refractivity contribution in [2.75, 3.05) is 7.11 Å². The van der Waals surface area contributed by atoms with E-state index in [-0.39, 0.29) is 11.5 Å². The molecule has 1 saturated carbocycles. The molecule has 0 spiro atoms. The van der Waals surface area contributed by atoms with Crippen molar-refractivity contribution in [1.29, 1.82) is 5.26 Å². The van der Waals surface area contributed by atoms with E-state index in [0.717, 1.165) is 24.2 Å². The van der Waals surface area contributed by atoms with Gasteiger partial charge in [-0.3, -0.25) is 0 Å². The van der Waals surface area contributed by atoms with Gasteiger partial charge in [0.25, 0.3) is 0 Å². The van der Waals surface area contributed by atoms with E-state index in [9.17, 15) is 5.26 Å². The van der Waals surface area contributed by atoms with E-state index in [1.165, 1.54) is 11.1 Å². The van der Waals surface area contributed by atoms with Crippen molar-refractivity contribution in [3.8, 4) is 11.8 Å². The van der Waals surface area contributed by atoms with Crippen LogP contribution >= 0.6 is 0 Å². The van der Waals surface area contributed by atoms with Crippen molar-refractivity contribution < 1.29 is 4.74 Å². The summed E-state index contributed by atoms with van der Waals surface area (Å²) in [5.74, 6) is 0.794. The summed E-state index contributed by atoms with van der Waals surface area (Å²) in [6, 6.07) is 6.16. The molecule has 2 rings (SSSR count). The molecule has 0 aliphatic heterocycles. The lowest BCUT2D eigenvalue weighted by molar-refractivity contribution is 0.395. The fourth-order valence-electron chi connectivity index (χ4n) is 2.16. The van der Waals surface area contributed by atoms with Gasteiger partial charge in [0.1, 0.15) is 5.75 Å². The second kappa shape index (κ2) is 4.05. The highest BCUT2D eigenvalue weighted by molar-refractivity contribution is 5.45. The molecule has 0 amide bonds. The standard InChI is InChI=1S/C14H18N2O/c1-9-6-11(12(17-3)7-10(9)2)13(16)14(8-15)4-5-14/h6-7,13H,4-5,16H2,1-3H3. The largest absolute Gasteiger partial charge is 0.496 e. The maximum absolute atomic E-state index is 9.20. The Balaban J connectivity index is 2.45. The SMILES string of the molecule is COc1cc(C)c(C)cc1C(N)C1(C#N)CC1. The Morgan fingerprint density at radius 2 is 1.94 bits per heavy atom. The fourth-order valence-corrected chi connectivity index (χ4v) is 2.16. The van der Waals surface area contributed by atoms with Crippen LogP contribution < -0.4 is 10.5 Å².